The van der Waals surface area contributed by atoms with Gasteiger partial charge in [0.2, 0.25) is 8.03 Å². The molecule has 1 heterocycles. The Morgan fingerprint density at radius 2 is 2.29 bits per heavy atom. The second-order valence-corrected chi connectivity index (χ2v) is 6.23. The minimum absolute atomic E-state index is 0.0609. The SMILES string of the molecule is Cc1sccc1S(=O)(=O)OC[PH](=O)O. The summed E-state index contributed by atoms with van der Waals surface area (Å²) in [5.41, 5.74) is 0. The summed E-state index contributed by atoms with van der Waals surface area (Å²) < 4.78 is 37.4. The van der Waals surface area contributed by atoms with Crippen LogP contribution in [0.4, 0.5) is 0 Å². The van der Waals surface area contributed by atoms with Gasteiger partial charge in [0, 0.05) is 4.88 Å². The first-order valence-electron chi connectivity index (χ1n) is 3.59. The molecule has 5 nitrogen and oxygen atoms in total. The molecule has 0 radical (unpaired) electrons. The fourth-order valence-corrected chi connectivity index (χ4v) is 3.69. The standard InChI is InChI=1S/C6H9O5PS2/c1-5-6(2-3-13-5)14(9,10)11-4-12(7)8/h2-3,12H,4H2,1H3,(H,7,8). The van der Waals surface area contributed by atoms with E-state index in [2.05, 4.69) is 4.18 Å². The summed E-state index contributed by atoms with van der Waals surface area (Å²) >= 11 is 1.27. The molecule has 0 saturated heterocycles. The van der Waals surface area contributed by atoms with E-state index >= 15 is 0 Å². The van der Waals surface area contributed by atoms with Crippen molar-refractivity contribution in [3.8, 4) is 0 Å². The van der Waals surface area contributed by atoms with Gasteiger partial charge in [-0.3, -0.25) is 8.75 Å². The average molecular weight is 256 g/mol. The van der Waals surface area contributed by atoms with Crippen LogP contribution in [0.5, 0.6) is 0 Å². The molecule has 0 fully saturated rings. The van der Waals surface area contributed by atoms with Crippen molar-refractivity contribution in [2.24, 2.45) is 0 Å². The van der Waals surface area contributed by atoms with Crippen LogP contribution in [0.1, 0.15) is 4.88 Å². The highest BCUT2D eigenvalue weighted by atomic mass is 32.2. The highest BCUT2D eigenvalue weighted by Gasteiger charge is 2.19. The number of hydrogen-bond acceptors (Lipinski definition) is 5. The molecule has 8 heteroatoms. The van der Waals surface area contributed by atoms with Crippen molar-refractivity contribution in [2.45, 2.75) is 11.8 Å². The van der Waals surface area contributed by atoms with Gasteiger partial charge in [0.25, 0.3) is 10.1 Å². The monoisotopic (exact) mass is 256 g/mol. The fraction of sp³-hybridized carbons (Fsp3) is 0.333. The van der Waals surface area contributed by atoms with Crippen molar-refractivity contribution in [3.05, 3.63) is 16.3 Å². The first-order chi connectivity index (χ1) is 6.43. The molecule has 0 bridgehead atoms. The van der Waals surface area contributed by atoms with Gasteiger partial charge < -0.3 is 4.89 Å². The Kier molecular flexibility index (Phi) is 3.86. The van der Waals surface area contributed by atoms with E-state index in [4.69, 9.17) is 4.89 Å². The quantitative estimate of drug-likeness (QED) is 0.646. The molecule has 1 aromatic heterocycles. The molecule has 1 N–H and O–H groups in total. The van der Waals surface area contributed by atoms with Gasteiger partial charge in [-0.25, -0.2) is 0 Å². The number of thiophene rings is 1. The third-order valence-electron chi connectivity index (χ3n) is 1.42. The van der Waals surface area contributed by atoms with E-state index in [-0.39, 0.29) is 4.90 Å². The predicted octanol–water partition coefficient (Wildman–Crippen LogP) is 1.19. The average Bonchev–Trinajstić information content (AvgIpc) is 2.48. The minimum atomic E-state index is -3.87. The molecule has 1 atom stereocenters. The van der Waals surface area contributed by atoms with Gasteiger partial charge in [-0.05, 0) is 18.4 Å². The lowest BCUT2D eigenvalue weighted by atomic mass is 10.5. The van der Waals surface area contributed by atoms with Crippen molar-refractivity contribution in [1.29, 1.82) is 0 Å². The second-order valence-electron chi connectivity index (χ2n) is 2.45. The molecule has 1 rings (SSSR count). The summed E-state index contributed by atoms with van der Waals surface area (Å²) in [6.45, 7) is 1.64. The van der Waals surface area contributed by atoms with Crippen LogP contribution in [0.25, 0.3) is 0 Å². The Hall–Kier alpha value is -0.200. The van der Waals surface area contributed by atoms with Crippen LogP contribution in [-0.2, 0) is 18.9 Å². The van der Waals surface area contributed by atoms with Crippen molar-refractivity contribution in [1.82, 2.24) is 0 Å². The molecule has 1 unspecified atom stereocenters. The molecule has 0 aliphatic heterocycles. The molecular formula is C6H9O5PS2. The van der Waals surface area contributed by atoms with Gasteiger partial charge in [-0.15, -0.1) is 11.3 Å². The fourth-order valence-electron chi connectivity index (χ4n) is 0.824. The van der Waals surface area contributed by atoms with Gasteiger partial charge in [-0.1, -0.05) is 0 Å². The number of aryl methyl sites for hydroxylation is 1. The molecule has 0 aromatic carbocycles. The normalized spacial score (nSPS) is 14.1. The summed E-state index contributed by atoms with van der Waals surface area (Å²) in [4.78, 5) is 9.10. The van der Waals surface area contributed by atoms with E-state index in [0.29, 0.717) is 4.88 Å². The summed E-state index contributed by atoms with van der Waals surface area (Å²) in [5.74, 6) is 0. The Morgan fingerprint density at radius 1 is 1.64 bits per heavy atom. The molecule has 0 aliphatic carbocycles. The van der Waals surface area contributed by atoms with Crippen LogP contribution in [0.2, 0.25) is 0 Å². The molecule has 0 aliphatic rings. The zero-order chi connectivity index (χ0) is 10.8. The van der Waals surface area contributed by atoms with Crippen LogP contribution < -0.4 is 0 Å². The molecular weight excluding hydrogens is 247 g/mol. The van der Waals surface area contributed by atoms with Crippen LogP contribution in [0.15, 0.2) is 16.3 Å². The van der Waals surface area contributed by atoms with Gasteiger partial charge in [0.1, 0.15) is 11.2 Å². The Labute approximate surface area is 86.3 Å². The summed E-state index contributed by atoms with van der Waals surface area (Å²) in [7, 11) is -6.79. The molecule has 0 saturated carbocycles. The zero-order valence-corrected chi connectivity index (χ0v) is 9.89. The molecule has 1 aromatic rings. The van der Waals surface area contributed by atoms with Crippen molar-refractivity contribution < 1.29 is 22.1 Å². The Balaban J connectivity index is 2.87. The molecule has 0 amide bonds. The second kappa shape index (κ2) is 4.55. The molecule has 0 spiro atoms. The van der Waals surface area contributed by atoms with Crippen molar-refractivity contribution in [2.75, 3.05) is 6.35 Å². The first kappa shape index (κ1) is 11.9. The maximum absolute atomic E-state index is 11.4. The van der Waals surface area contributed by atoms with Gasteiger partial charge in [-0.2, -0.15) is 8.42 Å². The van der Waals surface area contributed by atoms with Crippen molar-refractivity contribution >= 4 is 29.5 Å². The van der Waals surface area contributed by atoms with Gasteiger partial charge in [0.05, 0.1) is 0 Å². The van der Waals surface area contributed by atoms with Crippen LogP contribution >= 0.6 is 19.4 Å². The van der Waals surface area contributed by atoms with E-state index in [9.17, 15) is 13.0 Å². The number of rotatable bonds is 4. The zero-order valence-electron chi connectivity index (χ0n) is 7.26. The van der Waals surface area contributed by atoms with Gasteiger partial charge in [0.15, 0.2) is 0 Å². The lowest BCUT2D eigenvalue weighted by Gasteiger charge is -2.02. The highest BCUT2D eigenvalue weighted by Crippen LogP contribution is 2.24. The Morgan fingerprint density at radius 3 is 2.71 bits per heavy atom. The van der Waals surface area contributed by atoms with Crippen LogP contribution in [-0.4, -0.2) is 19.7 Å². The van der Waals surface area contributed by atoms with Crippen molar-refractivity contribution in [3.63, 3.8) is 0 Å². The third-order valence-corrected chi connectivity index (χ3v) is 4.40. The summed E-state index contributed by atoms with van der Waals surface area (Å²) in [6, 6.07) is 1.41. The first-order valence-corrected chi connectivity index (χ1v) is 7.44. The van der Waals surface area contributed by atoms with E-state index in [1.807, 2.05) is 0 Å². The van der Waals surface area contributed by atoms with Crippen LogP contribution in [0.3, 0.4) is 0 Å². The smallest absolute Gasteiger partial charge is 0.298 e. The number of hydrogen-bond donors (Lipinski definition) is 1. The largest absolute Gasteiger partial charge is 0.345 e. The summed E-state index contributed by atoms with van der Waals surface area (Å²) in [5, 5.41) is 1.62. The van der Waals surface area contributed by atoms with E-state index in [0.717, 1.165) is 0 Å². The third kappa shape index (κ3) is 2.90. The van der Waals surface area contributed by atoms with E-state index < -0.39 is 24.5 Å². The minimum Gasteiger partial charge on any atom is -0.345 e. The molecule has 80 valence electrons. The predicted molar refractivity (Wildman–Crippen MR) is 53.4 cm³/mol. The van der Waals surface area contributed by atoms with E-state index in [1.54, 1.807) is 12.3 Å². The van der Waals surface area contributed by atoms with Gasteiger partial charge >= 0.3 is 0 Å². The summed E-state index contributed by atoms with van der Waals surface area (Å²) in [6.07, 6.45) is -0.664. The lowest BCUT2D eigenvalue weighted by Crippen LogP contribution is -2.05. The maximum atomic E-state index is 11.4. The Bertz CT molecular complexity index is 435. The van der Waals surface area contributed by atoms with E-state index in [1.165, 1.54) is 17.4 Å². The highest BCUT2D eigenvalue weighted by molar-refractivity contribution is 7.87. The maximum Gasteiger partial charge on any atom is 0.298 e. The molecule has 14 heavy (non-hydrogen) atoms. The van der Waals surface area contributed by atoms with Crippen LogP contribution in [0, 0.1) is 6.92 Å². The topological polar surface area (TPSA) is 80.7 Å². The lowest BCUT2D eigenvalue weighted by molar-refractivity contribution is 0.355.